The van der Waals surface area contributed by atoms with Gasteiger partial charge in [0.1, 0.15) is 5.65 Å². The first-order chi connectivity index (χ1) is 28.3. The smallest absolute Gasteiger partial charge is 0.145 e. The summed E-state index contributed by atoms with van der Waals surface area (Å²) in [5.74, 6) is 0.439. The summed E-state index contributed by atoms with van der Waals surface area (Å²) in [7, 11) is 0. The van der Waals surface area contributed by atoms with E-state index in [2.05, 4.69) is 203 Å². The van der Waals surface area contributed by atoms with Crippen LogP contribution in [-0.2, 0) is 12.0 Å². The SMILES string of the molecule is C1=CC2c3c(ccc4c5c(n(-c6ccc(-c7ccc(-n8c9ccccc9c9cccnc98)cc7)cc6)c34)C=CNC5)C(c3ccccc3)(c3ccccc3)C2C=C1. The third-order valence-electron chi connectivity index (χ3n) is 12.8. The van der Waals surface area contributed by atoms with Gasteiger partial charge in [0.05, 0.1) is 22.1 Å². The van der Waals surface area contributed by atoms with Crippen LogP contribution in [0.25, 0.3) is 61.4 Å². The first-order valence-corrected chi connectivity index (χ1v) is 19.9. The summed E-state index contributed by atoms with van der Waals surface area (Å²) in [6, 6.07) is 58.0. The monoisotopic (exact) mass is 730 g/mol. The molecular formula is C53H38N4. The van der Waals surface area contributed by atoms with Crippen molar-refractivity contribution in [2.45, 2.75) is 17.9 Å². The van der Waals surface area contributed by atoms with Crippen LogP contribution in [-0.4, -0.2) is 14.1 Å². The van der Waals surface area contributed by atoms with Gasteiger partial charge in [-0.3, -0.25) is 4.57 Å². The average molecular weight is 731 g/mol. The molecule has 3 aliphatic rings. The molecule has 4 nitrogen and oxygen atoms in total. The summed E-state index contributed by atoms with van der Waals surface area (Å²) in [6.07, 6.45) is 15.7. The van der Waals surface area contributed by atoms with E-state index in [1.807, 2.05) is 12.3 Å². The van der Waals surface area contributed by atoms with Gasteiger partial charge in [0, 0.05) is 57.7 Å². The highest BCUT2D eigenvalue weighted by Gasteiger charge is 2.54. The molecule has 9 aromatic rings. The van der Waals surface area contributed by atoms with Crippen LogP contribution in [0.15, 0.2) is 194 Å². The molecule has 0 saturated heterocycles. The highest BCUT2D eigenvalue weighted by molar-refractivity contribution is 6.07. The molecule has 12 rings (SSSR count). The minimum absolute atomic E-state index is 0.212. The number of hydrogen-bond acceptors (Lipinski definition) is 2. The largest absolute Gasteiger partial charge is 0.387 e. The molecule has 0 radical (unpaired) electrons. The molecule has 6 aromatic carbocycles. The number of fused-ring (bicyclic) bond motifs is 10. The molecule has 0 amide bonds. The highest BCUT2D eigenvalue weighted by atomic mass is 15.0. The van der Waals surface area contributed by atoms with E-state index in [0.717, 1.165) is 23.4 Å². The van der Waals surface area contributed by atoms with E-state index >= 15 is 0 Å². The maximum Gasteiger partial charge on any atom is 0.145 e. The predicted octanol–water partition coefficient (Wildman–Crippen LogP) is 12.0. The quantitative estimate of drug-likeness (QED) is 0.191. The van der Waals surface area contributed by atoms with E-state index in [-0.39, 0.29) is 17.3 Å². The Morgan fingerprint density at radius 3 is 1.96 bits per heavy atom. The maximum absolute atomic E-state index is 4.79. The summed E-state index contributed by atoms with van der Waals surface area (Å²) in [5.41, 5.74) is 15.8. The molecule has 0 fully saturated rings. The predicted molar refractivity (Wildman–Crippen MR) is 234 cm³/mol. The second-order valence-corrected chi connectivity index (χ2v) is 15.5. The summed E-state index contributed by atoms with van der Waals surface area (Å²) >= 11 is 0. The normalized spacial score (nSPS) is 17.5. The number of aromatic nitrogens is 3. The van der Waals surface area contributed by atoms with Crippen LogP contribution in [0.1, 0.15) is 39.4 Å². The number of benzene rings is 6. The van der Waals surface area contributed by atoms with Crippen LogP contribution in [0.3, 0.4) is 0 Å². The molecule has 3 aromatic heterocycles. The number of para-hydroxylation sites is 1. The zero-order valence-corrected chi connectivity index (χ0v) is 31.3. The summed E-state index contributed by atoms with van der Waals surface area (Å²) in [6.45, 7) is 0.798. The Kier molecular flexibility index (Phi) is 7.00. The van der Waals surface area contributed by atoms with Crippen LogP contribution < -0.4 is 5.32 Å². The van der Waals surface area contributed by atoms with Gasteiger partial charge < -0.3 is 9.88 Å². The number of nitrogens with zero attached hydrogens (tertiary/aromatic N) is 3. The van der Waals surface area contributed by atoms with E-state index < -0.39 is 0 Å². The van der Waals surface area contributed by atoms with E-state index in [9.17, 15) is 0 Å². The van der Waals surface area contributed by atoms with E-state index in [1.165, 1.54) is 72.0 Å². The van der Waals surface area contributed by atoms with Crippen molar-refractivity contribution in [2.24, 2.45) is 5.92 Å². The first kappa shape index (κ1) is 32.1. The van der Waals surface area contributed by atoms with Crippen molar-refractivity contribution >= 4 is 38.9 Å². The Morgan fingerprint density at radius 2 is 1.23 bits per heavy atom. The standard InChI is InChI=1S/C53H38N4/c1-3-12-37(13-4-1)53(38-14-5-2-6-15-38)46-19-9-7-17-44(46)50-47(53)30-29-42-45-34-54-33-31-49(45)56(51(42)50)39-25-21-35(22-26-39)36-23-27-40(28-24-36)57-48-20-10-8-16-41(48)43-18-11-32-55-52(43)57/h1-33,44,46,54H,34H2. The second kappa shape index (κ2) is 12.4. The number of pyridine rings is 1. The van der Waals surface area contributed by atoms with Gasteiger partial charge >= 0.3 is 0 Å². The number of allylic oxidation sites excluding steroid dienone is 4. The zero-order valence-electron chi connectivity index (χ0n) is 31.3. The van der Waals surface area contributed by atoms with Crippen molar-refractivity contribution in [1.82, 2.24) is 19.4 Å². The second-order valence-electron chi connectivity index (χ2n) is 15.5. The van der Waals surface area contributed by atoms with Gasteiger partial charge in [0.25, 0.3) is 0 Å². The molecule has 1 aliphatic heterocycles. The van der Waals surface area contributed by atoms with Gasteiger partial charge in [0.15, 0.2) is 0 Å². The lowest BCUT2D eigenvalue weighted by atomic mass is 9.63. The minimum atomic E-state index is -0.340. The molecule has 2 atom stereocenters. The number of nitrogens with one attached hydrogen (secondary N) is 1. The third-order valence-corrected chi connectivity index (χ3v) is 12.8. The molecule has 0 spiro atoms. The molecule has 270 valence electrons. The van der Waals surface area contributed by atoms with Crippen molar-refractivity contribution in [3.8, 4) is 22.5 Å². The van der Waals surface area contributed by atoms with E-state index in [4.69, 9.17) is 4.98 Å². The van der Waals surface area contributed by atoms with Gasteiger partial charge in [-0.1, -0.05) is 140 Å². The van der Waals surface area contributed by atoms with Crippen LogP contribution in [0.4, 0.5) is 0 Å². The Labute approximate surface area is 331 Å². The van der Waals surface area contributed by atoms with E-state index in [1.54, 1.807) is 0 Å². The van der Waals surface area contributed by atoms with Crippen LogP contribution in [0, 0.1) is 5.92 Å². The fourth-order valence-corrected chi connectivity index (χ4v) is 10.5. The molecule has 57 heavy (non-hydrogen) atoms. The fourth-order valence-electron chi connectivity index (χ4n) is 10.5. The molecule has 0 bridgehead atoms. The van der Waals surface area contributed by atoms with Crippen LogP contribution in [0.5, 0.6) is 0 Å². The molecule has 0 saturated carbocycles. The van der Waals surface area contributed by atoms with Crippen molar-refractivity contribution < 1.29 is 0 Å². The van der Waals surface area contributed by atoms with Gasteiger partial charge in [0.2, 0.25) is 0 Å². The van der Waals surface area contributed by atoms with Crippen LogP contribution in [0.2, 0.25) is 0 Å². The maximum atomic E-state index is 4.79. The molecule has 2 aliphatic carbocycles. The number of rotatable bonds is 5. The molecule has 2 unspecified atom stereocenters. The lowest BCUT2D eigenvalue weighted by Crippen LogP contribution is -2.34. The molecular weight excluding hydrogens is 693 g/mol. The van der Waals surface area contributed by atoms with Crippen molar-refractivity contribution in [3.05, 3.63) is 228 Å². The minimum Gasteiger partial charge on any atom is -0.387 e. The summed E-state index contributed by atoms with van der Waals surface area (Å²) in [4.78, 5) is 4.79. The lowest BCUT2D eigenvalue weighted by molar-refractivity contribution is 0.457. The van der Waals surface area contributed by atoms with Crippen molar-refractivity contribution in [1.29, 1.82) is 0 Å². The van der Waals surface area contributed by atoms with Crippen molar-refractivity contribution in [3.63, 3.8) is 0 Å². The topological polar surface area (TPSA) is 34.8 Å². The van der Waals surface area contributed by atoms with E-state index in [0.29, 0.717) is 0 Å². The first-order valence-electron chi connectivity index (χ1n) is 19.9. The fraction of sp³-hybridized carbons (Fsp3) is 0.0755. The summed E-state index contributed by atoms with van der Waals surface area (Å²) < 4.78 is 4.81. The van der Waals surface area contributed by atoms with Crippen LogP contribution >= 0.6 is 0 Å². The third kappa shape index (κ3) is 4.53. The molecule has 4 heteroatoms. The Hall–Kier alpha value is -7.17. The van der Waals surface area contributed by atoms with Gasteiger partial charge in [-0.2, -0.15) is 0 Å². The molecule has 1 N–H and O–H groups in total. The Morgan fingerprint density at radius 1 is 0.579 bits per heavy atom. The van der Waals surface area contributed by atoms with Gasteiger partial charge in [-0.25, -0.2) is 4.98 Å². The molecule has 4 heterocycles. The zero-order chi connectivity index (χ0) is 37.5. The van der Waals surface area contributed by atoms with Gasteiger partial charge in [-0.05, 0) is 88.1 Å². The lowest BCUT2D eigenvalue weighted by Gasteiger charge is -2.38. The highest BCUT2D eigenvalue weighted by Crippen LogP contribution is 2.61. The summed E-state index contributed by atoms with van der Waals surface area (Å²) in [5, 5.41) is 7.23. The van der Waals surface area contributed by atoms with Crippen molar-refractivity contribution in [2.75, 3.05) is 0 Å². The van der Waals surface area contributed by atoms with Gasteiger partial charge in [-0.15, -0.1) is 0 Å². The Balaban J connectivity index is 1.02. The average Bonchev–Trinajstić information content (AvgIpc) is 3.92. The Bertz CT molecular complexity index is 3010. The number of hydrogen-bond donors (Lipinski definition) is 1.